The molecule has 0 saturated heterocycles. The largest absolute Gasteiger partial charge is 0.347 e. The molecule has 1 aromatic heterocycles. The van der Waals surface area contributed by atoms with Crippen LogP contribution in [0.1, 0.15) is 15.2 Å². The van der Waals surface area contributed by atoms with Crippen molar-refractivity contribution in [3.63, 3.8) is 0 Å². The van der Waals surface area contributed by atoms with Crippen LogP contribution in [0.3, 0.4) is 0 Å². The van der Waals surface area contributed by atoms with Crippen LogP contribution in [-0.4, -0.2) is 10.8 Å². The first kappa shape index (κ1) is 18.4. The highest BCUT2D eigenvalue weighted by molar-refractivity contribution is 7.99. The Balaban J connectivity index is 1.81. The molecular weight excluding hydrogens is 392 g/mol. The van der Waals surface area contributed by atoms with Gasteiger partial charge in [-0.3, -0.25) is 14.9 Å². The van der Waals surface area contributed by atoms with Crippen molar-refractivity contribution in [3.8, 4) is 0 Å². The van der Waals surface area contributed by atoms with E-state index < -0.39 is 4.92 Å². The van der Waals surface area contributed by atoms with Crippen LogP contribution in [0.5, 0.6) is 0 Å². The fourth-order valence-corrected chi connectivity index (χ4v) is 4.04. The first-order valence-electron chi connectivity index (χ1n) is 7.56. The summed E-state index contributed by atoms with van der Waals surface area (Å²) in [4.78, 5) is 25.4. The van der Waals surface area contributed by atoms with E-state index in [2.05, 4.69) is 5.32 Å². The van der Waals surface area contributed by atoms with E-state index in [-0.39, 0.29) is 17.2 Å². The Morgan fingerprint density at radius 2 is 1.96 bits per heavy atom. The molecule has 26 heavy (non-hydrogen) atoms. The first-order chi connectivity index (χ1) is 12.5. The van der Waals surface area contributed by atoms with E-state index in [0.717, 1.165) is 4.88 Å². The van der Waals surface area contributed by atoms with Crippen LogP contribution >= 0.6 is 34.7 Å². The molecule has 2 aromatic carbocycles. The lowest BCUT2D eigenvalue weighted by molar-refractivity contribution is -0.387. The summed E-state index contributed by atoms with van der Waals surface area (Å²) in [6, 6.07) is 15.4. The van der Waals surface area contributed by atoms with Crippen LogP contribution in [0.2, 0.25) is 5.02 Å². The topological polar surface area (TPSA) is 72.2 Å². The second kappa shape index (κ2) is 8.35. The summed E-state index contributed by atoms with van der Waals surface area (Å²) in [6.07, 6.45) is 0. The molecule has 132 valence electrons. The van der Waals surface area contributed by atoms with Gasteiger partial charge in [-0.05, 0) is 35.7 Å². The van der Waals surface area contributed by atoms with Crippen molar-refractivity contribution in [2.75, 3.05) is 0 Å². The molecule has 0 bridgehead atoms. The van der Waals surface area contributed by atoms with Crippen molar-refractivity contribution < 1.29 is 9.72 Å². The van der Waals surface area contributed by atoms with E-state index in [1.165, 1.54) is 29.2 Å². The molecule has 0 atom stereocenters. The smallest absolute Gasteiger partial charge is 0.284 e. The average molecular weight is 405 g/mol. The van der Waals surface area contributed by atoms with Gasteiger partial charge in [-0.2, -0.15) is 0 Å². The number of thiophene rings is 1. The maximum atomic E-state index is 12.3. The van der Waals surface area contributed by atoms with Crippen molar-refractivity contribution in [3.05, 3.63) is 85.6 Å². The zero-order chi connectivity index (χ0) is 18.5. The third-order valence-electron chi connectivity index (χ3n) is 3.48. The van der Waals surface area contributed by atoms with Gasteiger partial charge < -0.3 is 5.32 Å². The van der Waals surface area contributed by atoms with E-state index in [1.807, 2.05) is 23.6 Å². The summed E-state index contributed by atoms with van der Waals surface area (Å²) >= 11 is 8.86. The monoisotopic (exact) mass is 404 g/mol. The number of rotatable bonds is 6. The van der Waals surface area contributed by atoms with Crippen LogP contribution < -0.4 is 5.32 Å². The van der Waals surface area contributed by atoms with Crippen molar-refractivity contribution in [2.24, 2.45) is 0 Å². The van der Waals surface area contributed by atoms with Gasteiger partial charge >= 0.3 is 0 Å². The van der Waals surface area contributed by atoms with Crippen LogP contribution in [0.25, 0.3) is 0 Å². The van der Waals surface area contributed by atoms with E-state index in [4.69, 9.17) is 11.6 Å². The number of carbonyl (C=O) groups is 1. The average Bonchev–Trinajstić information content (AvgIpc) is 3.15. The van der Waals surface area contributed by atoms with Crippen LogP contribution in [0.15, 0.2) is 69.8 Å². The van der Waals surface area contributed by atoms with Gasteiger partial charge in [0.1, 0.15) is 0 Å². The van der Waals surface area contributed by atoms with Crippen molar-refractivity contribution in [1.82, 2.24) is 5.32 Å². The Kier molecular flexibility index (Phi) is 5.92. The van der Waals surface area contributed by atoms with Gasteiger partial charge in [-0.25, -0.2) is 0 Å². The number of carbonyl (C=O) groups excluding carboxylic acids is 1. The van der Waals surface area contributed by atoms with Gasteiger partial charge in [0.25, 0.3) is 11.6 Å². The molecular formula is C18H13ClN2O3S2. The van der Waals surface area contributed by atoms with Gasteiger partial charge in [-0.1, -0.05) is 41.6 Å². The van der Waals surface area contributed by atoms with Gasteiger partial charge in [0, 0.05) is 21.4 Å². The Morgan fingerprint density at radius 1 is 1.15 bits per heavy atom. The molecule has 3 aromatic rings. The Morgan fingerprint density at radius 3 is 2.65 bits per heavy atom. The highest BCUT2D eigenvalue weighted by atomic mass is 35.5. The van der Waals surface area contributed by atoms with E-state index in [0.29, 0.717) is 21.4 Å². The first-order valence-corrected chi connectivity index (χ1v) is 9.63. The zero-order valence-electron chi connectivity index (χ0n) is 13.3. The molecule has 8 heteroatoms. The lowest BCUT2D eigenvalue weighted by Gasteiger charge is -2.08. The van der Waals surface area contributed by atoms with Gasteiger partial charge in [-0.15, -0.1) is 11.3 Å². The number of nitrogens with zero attached hydrogens (tertiary/aromatic N) is 1. The van der Waals surface area contributed by atoms with Crippen molar-refractivity contribution in [2.45, 2.75) is 16.3 Å². The van der Waals surface area contributed by atoms with Gasteiger partial charge in [0.2, 0.25) is 0 Å². The number of hydrogen-bond donors (Lipinski definition) is 1. The molecule has 0 fully saturated rings. The molecule has 0 radical (unpaired) electrons. The third kappa shape index (κ3) is 4.43. The summed E-state index contributed by atoms with van der Waals surface area (Å²) in [5.41, 5.74) is 0.121. The van der Waals surface area contributed by atoms with Gasteiger partial charge in [0.15, 0.2) is 0 Å². The number of nitro benzene ring substituents is 1. The summed E-state index contributed by atoms with van der Waals surface area (Å²) in [7, 11) is 0. The Hall–Kier alpha value is -2.35. The maximum absolute atomic E-state index is 12.3. The fraction of sp³-hybridized carbons (Fsp3) is 0.0556. The standard InChI is InChI=1S/C18H13ClN2O3S2/c19-14-5-1-2-6-16(14)26-17-8-7-12(10-15(17)21(23)24)18(22)20-11-13-4-3-9-25-13/h1-10H,11H2,(H,20,22). The minimum Gasteiger partial charge on any atom is -0.347 e. The summed E-state index contributed by atoms with van der Waals surface area (Å²) in [5, 5.41) is 16.7. The quantitative estimate of drug-likeness (QED) is 0.441. The van der Waals surface area contributed by atoms with Crippen molar-refractivity contribution >= 4 is 46.3 Å². The molecule has 3 rings (SSSR count). The Bertz CT molecular complexity index is 945. The molecule has 0 aliphatic heterocycles. The van der Waals surface area contributed by atoms with Crippen LogP contribution in [0.4, 0.5) is 5.69 Å². The van der Waals surface area contributed by atoms with Crippen LogP contribution in [-0.2, 0) is 6.54 Å². The number of amides is 1. The molecule has 0 aliphatic rings. The summed E-state index contributed by atoms with van der Waals surface area (Å²) in [5.74, 6) is -0.351. The van der Waals surface area contributed by atoms with E-state index >= 15 is 0 Å². The lowest BCUT2D eigenvalue weighted by atomic mass is 10.2. The lowest BCUT2D eigenvalue weighted by Crippen LogP contribution is -2.22. The van der Waals surface area contributed by atoms with Crippen molar-refractivity contribution in [1.29, 1.82) is 0 Å². The Labute approximate surface area is 163 Å². The number of halogens is 1. The summed E-state index contributed by atoms with van der Waals surface area (Å²) < 4.78 is 0. The maximum Gasteiger partial charge on any atom is 0.284 e. The molecule has 1 N–H and O–H groups in total. The fourth-order valence-electron chi connectivity index (χ4n) is 2.22. The predicted molar refractivity (Wildman–Crippen MR) is 104 cm³/mol. The minimum absolute atomic E-state index is 0.126. The molecule has 0 unspecified atom stereocenters. The number of benzene rings is 2. The molecule has 0 spiro atoms. The highest BCUT2D eigenvalue weighted by Crippen LogP contribution is 2.38. The van der Waals surface area contributed by atoms with E-state index in [1.54, 1.807) is 30.3 Å². The number of nitro groups is 1. The van der Waals surface area contributed by atoms with Gasteiger partial charge in [0.05, 0.1) is 21.4 Å². The summed E-state index contributed by atoms with van der Waals surface area (Å²) in [6.45, 7) is 0.389. The van der Waals surface area contributed by atoms with Crippen LogP contribution in [0, 0.1) is 10.1 Å². The minimum atomic E-state index is -0.491. The molecule has 5 nitrogen and oxygen atoms in total. The molecule has 0 aliphatic carbocycles. The number of nitrogens with one attached hydrogen (secondary N) is 1. The number of hydrogen-bond acceptors (Lipinski definition) is 5. The molecule has 1 heterocycles. The molecule has 0 saturated carbocycles. The predicted octanol–water partition coefficient (Wildman–Crippen LogP) is 5.39. The second-order valence-corrected chi connectivity index (χ2v) is 7.76. The zero-order valence-corrected chi connectivity index (χ0v) is 15.7. The third-order valence-corrected chi connectivity index (χ3v) is 5.94. The SMILES string of the molecule is O=C(NCc1cccs1)c1ccc(Sc2ccccc2Cl)c([N+](=O)[O-])c1. The second-order valence-electron chi connectivity index (χ2n) is 5.23. The molecule has 1 amide bonds. The normalized spacial score (nSPS) is 10.5. The highest BCUT2D eigenvalue weighted by Gasteiger charge is 2.19. The van der Waals surface area contributed by atoms with E-state index in [9.17, 15) is 14.9 Å².